The Hall–Kier alpha value is -1.62. The Morgan fingerprint density at radius 3 is 2.81 bits per heavy atom. The van der Waals surface area contributed by atoms with Crippen molar-refractivity contribution in [1.82, 2.24) is 14.8 Å². The highest BCUT2D eigenvalue weighted by Crippen LogP contribution is 1.82. The van der Waals surface area contributed by atoms with Gasteiger partial charge in [0.1, 0.15) is 6.54 Å². The van der Waals surface area contributed by atoms with Gasteiger partial charge in [0.25, 0.3) is 5.56 Å². The van der Waals surface area contributed by atoms with E-state index in [1.807, 2.05) is 19.0 Å². The third kappa shape index (κ3) is 4.27. The average Bonchev–Trinajstić information content (AvgIpc) is 2.21. The van der Waals surface area contributed by atoms with Gasteiger partial charge in [-0.3, -0.25) is 9.59 Å². The van der Waals surface area contributed by atoms with Gasteiger partial charge in [0.2, 0.25) is 5.91 Å². The molecule has 5 nitrogen and oxygen atoms in total. The minimum Gasteiger partial charge on any atom is -0.353 e. The smallest absolute Gasteiger partial charge is 0.250 e. The summed E-state index contributed by atoms with van der Waals surface area (Å²) in [6.07, 6.45) is 1.61. The molecule has 1 aromatic heterocycles. The van der Waals surface area contributed by atoms with Crippen LogP contribution in [0, 0.1) is 0 Å². The predicted molar refractivity (Wildman–Crippen MR) is 62.3 cm³/mol. The highest BCUT2D eigenvalue weighted by molar-refractivity contribution is 5.75. The molecule has 88 valence electrons. The molecular weight excluding hydrogens is 206 g/mol. The van der Waals surface area contributed by atoms with E-state index in [1.165, 1.54) is 10.6 Å². The average molecular weight is 223 g/mol. The van der Waals surface area contributed by atoms with Gasteiger partial charge in [-0.2, -0.15) is 0 Å². The number of likely N-dealkylation sites (N-methyl/N-ethyl adjacent to an activating group) is 1. The predicted octanol–water partition coefficient (Wildman–Crippen LogP) is -0.474. The van der Waals surface area contributed by atoms with E-state index in [0.29, 0.717) is 6.54 Å². The molecule has 0 saturated heterocycles. The minimum atomic E-state index is -0.162. The number of nitrogens with zero attached hydrogens (tertiary/aromatic N) is 2. The van der Waals surface area contributed by atoms with Crippen molar-refractivity contribution in [2.45, 2.75) is 6.54 Å². The van der Waals surface area contributed by atoms with Gasteiger partial charge in [-0.1, -0.05) is 6.07 Å². The molecule has 1 heterocycles. The zero-order valence-corrected chi connectivity index (χ0v) is 9.64. The van der Waals surface area contributed by atoms with Crippen molar-refractivity contribution < 1.29 is 4.79 Å². The normalized spacial score (nSPS) is 10.4. The lowest BCUT2D eigenvalue weighted by Crippen LogP contribution is -2.35. The zero-order valence-electron chi connectivity index (χ0n) is 9.64. The molecule has 0 aliphatic heterocycles. The van der Waals surface area contributed by atoms with Crippen LogP contribution in [0.5, 0.6) is 0 Å². The molecular formula is C11H17N3O2. The first-order valence-electron chi connectivity index (χ1n) is 5.16. The second-order valence-electron chi connectivity index (χ2n) is 3.82. The van der Waals surface area contributed by atoms with E-state index in [1.54, 1.807) is 18.3 Å². The number of aromatic nitrogens is 1. The maximum absolute atomic E-state index is 11.5. The molecule has 5 heteroatoms. The molecule has 16 heavy (non-hydrogen) atoms. The largest absolute Gasteiger partial charge is 0.353 e. The molecule has 0 fully saturated rings. The molecule has 0 atom stereocenters. The van der Waals surface area contributed by atoms with Gasteiger partial charge in [-0.25, -0.2) is 0 Å². The van der Waals surface area contributed by atoms with Gasteiger partial charge in [0, 0.05) is 25.4 Å². The quantitative estimate of drug-likeness (QED) is 0.734. The number of carbonyl (C=O) groups excluding carboxylic acids is 1. The summed E-state index contributed by atoms with van der Waals surface area (Å²) in [6, 6.07) is 4.82. The molecule has 0 aliphatic carbocycles. The van der Waals surface area contributed by atoms with Gasteiger partial charge >= 0.3 is 0 Å². The monoisotopic (exact) mass is 223 g/mol. The summed E-state index contributed by atoms with van der Waals surface area (Å²) in [4.78, 5) is 24.7. The Morgan fingerprint density at radius 1 is 1.44 bits per heavy atom. The summed E-state index contributed by atoms with van der Waals surface area (Å²) in [7, 11) is 3.88. The van der Waals surface area contributed by atoms with E-state index < -0.39 is 0 Å². The lowest BCUT2D eigenvalue weighted by atomic mass is 10.4. The summed E-state index contributed by atoms with van der Waals surface area (Å²) in [5.74, 6) is -0.143. The third-order valence-corrected chi connectivity index (χ3v) is 2.09. The van der Waals surface area contributed by atoms with Crippen LogP contribution in [0.1, 0.15) is 0 Å². The summed E-state index contributed by atoms with van der Waals surface area (Å²) in [5, 5.41) is 2.75. The Labute approximate surface area is 94.7 Å². The van der Waals surface area contributed by atoms with Crippen LogP contribution in [0.15, 0.2) is 29.2 Å². The molecule has 0 aromatic carbocycles. The van der Waals surface area contributed by atoms with Gasteiger partial charge in [-0.05, 0) is 20.2 Å². The summed E-state index contributed by atoms with van der Waals surface area (Å²) in [6.45, 7) is 1.45. The van der Waals surface area contributed by atoms with E-state index in [0.717, 1.165) is 6.54 Å². The van der Waals surface area contributed by atoms with Crippen LogP contribution in [0.4, 0.5) is 0 Å². The topological polar surface area (TPSA) is 54.3 Å². The van der Waals surface area contributed by atoms with Crippen molar-refractivity contribution in [3.8, 4) is 0 Å². The summed E-state index contributed by atoms with van der Waals surface area (Å²) >= 11 is 0. The van der Waals surface area contributed by atoms with Crippen molar-refractivity contribution in [3.05, 3.63) is 34.7 Å². The fourth-order valence-electron chi connectivity index (χ4n) is 1.22. The molecule has 1 N–H and O–H groups in total. The van der Waals surface area contributed by atoms with Gasteiger partial charge < -0.3 is 14.8 Å². The van der Waals surface area contributed by atoms with Crippen molar-refractivity contribution in [3.63, 3.8) is 0 Å². The van der Waals surface area contributed by atoms with Gasteiger partial charge in [0.05, 0.1) is 0 Å². The molecule has 0 saturated carbocycles. The molecule has 0 unspecified atom stereocenters. The van der Waals surface area contributed by atoms with Crippen molar-refractivity contribution in [2.75, 3.05) is 27.2 Å². The number of pyridine rings is 1. The van der Waals surface area contributed by atoms with Crippen LogP contribution in [-0.4, -0.2) is 42.6 Å². The summed E-state index contributed by atoms with van der Waals surface area (Å²) < 4.78 is 1.38. The molecule has 0 bridgehead atoms. The highest BCUT2D eigenvalue weighted by atomic mass is 16.2. The van der Waals surface area contributed by atoms with Crippen molar-refractivity contribution in [2.24, 2.45) is 0 Å². The van der Waals surface area contributed by atoms with Gasteiger partial charge in [0.15, 0.2) is 0 Å². The van der Waals surface area contributed by atoms with E-state index in [2.05, 4.69) is 5.32 Å². The first kappa shape index (κ1) is 12.4. The first-order chi connectivity index (χ1) is 7.59. The molecule has 0 spiro atoms. The molecule has 0 radical (unpaired) electrons. The van der Waals surface area contributed by atoms with Crippen LogP contribution in [0.3, 0.4) is 0 Å². The van der Waals surface area contributed by atoms with Crippen LogP contribution >= 0.6 is 0 Å². The van der Waals surface area contributed by atoms with Crippen LogP contribution < -0.4 is 10.9 Å². The maximum atomic E-state index is 11.5. The van der Waals surface area contributed by atoms with Crippen LogP contribution in [0.2, 0.25) is 0 Å². The maximum Gasteiger partial charge on any atom is 0.250 e. The van der Waals surface area contributed by atoms with E-state index in [-0.39, 0.29) is 18.0 Å². The van der Waals surface area contributed by atoms with Crippen molar-refractivity contribution in [1.29, 1.82) is 0 Å². The Balaban J connectivity index is 2.40. The van der Waals surface area contributed by atoms with E-state index in [4.69, 9.17) is 0 Å². The molecule has 1 rings (SSSR count). The Bertz CT molecular complexity index is 398. The lowest BCUT2D eigenvalue weighted by Gasteiger charge is -2.10. The number of hydrogen-bond acceptors (Lipinski definition) is 3. The molecule has 1 amide bonds. The molecule has 0 aliphatic rings. The third-order valence-electron chi connectivity index (χ3n) is 2.09. The lowest BCUT2D eigenvalue weighted by molar-refractivity contribution is -0.121. The Kier molecular flexibility index (Phi) is 4.72. The number of amides is 1. The van der Waals surface area contributed by atoms with Gasteiger partial charge in [-0.15, -0.1) is 0 Å². The Morgan fingerprint density at radius 2 is 2.19 bits per heavy atom. The fraction of sp³-hybridized carbons (Fsp3) is 0.455. The van der Waals surface area contributed by atoms with Crippen molar-refractivity contribution >= 4 is 5.91 Å². The second kappa shape index (κ2) is 6.07. The standard InChI is InChI=1S/C11H17N3O2/c1-13(2)8-6-12-10(15)9-14-7-4-3-5-11(14)16/h3-5,7H,6,8-9H2,1-2H3,(H,12,15). The number of rotatable bonds is 5. The minimum absolute atomic E-state index is 0.0765. The summed E-state index contributed by atoms with van der Waals surface area (Å²) in [5.41, 5.74) is -0.162. The number of carbonyl (C=O) groups is 1. The van der Waals surface area contributed by atoms with Crippen LogP contribution in [0.25, 0.3) is 0 Å². The molecule has 1 aromatic rings. The van der Waals surface area contributed by atoms with E-state index >= 15 is 0 Å². The number of nitrogens with one attached hydrogen (secondary N) is 1. The highest BCUT2D eigenvalue weighted by Gasteiger charge is 2.02. The first-order valence-corrected chi connectivity index (χ1v) is 5.16. The van der Waals surface area contributed by atoms with E-state index in [9.17, 15) is 9.59 Å². The van der Waals surface area contributed by atoms with Crippen LogP contribution in [-0.2, 0) is 11.3 Å². The second-order valence-corrected chi connectivity index (χ2v) is 3.82. The SMILES string of the molecule is CN(C)CCNC(=O)Cn1ccccc1=O. The number of hydrogen-bond donors (Lipinski definition) is 1. The fourth-order valence-corrected chi connectivity index (χ4v) is 1.22. The zero-order chi connectivity index (χ0) is 12.0.